The van der Waals surface area contributed by atoms with Gasteiger partial charge in [-0.25, -0.2) is 15.0 Å². The zero-order chi connectivity index (χ0) is 41.4. The molecule has 6 heteroatoms. The van der Waals surface area contributed by atoms with E-state index in [4.69, 9.17) is 19.4 Å². The highest BCUT2D eigenvalue weighted by Crippen LogP contribution is 2.41. The van der Waals surface area contributed by atoms with Crippen LogP contribution in [0.5, 0.6) is 0 Å². The Balaban J connectivity index is 1.01. The lowest BCUT2D eigenvalue weighted by Crippen LogP contribution is -2.00. The van der Waals surface area contributed by atoms with E-state index < -0.39 is 0 Å². The summed E-state index contributed by atoms with van der Waals surface area (Å²) in [6.07, 6.45) is 0. The van der Waals surface area contributed by atoms with Gasteiger partial charge in [0.05, 0.1) is 22.1 Å². The minimum absolute atomic E-state index is 0.593. The van der Waals surface area contributed by atoms with Gasteiger partial charge in [-0.1, -0.05) is 140 Å². The summed E-state index contributed by atoms with van der Waals surface area (Å²) in [4.78, 5) is 15.1. The molecule has 0 fully saturated rings. The van der Waals surface area contributed by atoms with Gasteiger partial charge in [0.1, 0.15) is 11.2 Å². The second-order valence-corrected chi connectivity index (χ2v) is 16.0. The minimum Gasteiger partial charge on any atom is -0.456 e. The molecule has 0 aliphatic rings. The van der Waals surface area contributed by atoms with Crippen LogP contribution in [0.1, 0.15) is 0 Å². The fraction of sp³-hybridized carbons (Fsp3) is 0. The van der Waals surface area contributed by atoms with Gasteiger partial charge in [0, 0.05) is 60.4 Å². The molecule has 13 aromatic rings. The molecule has 0 atom stereocenters. The lowest BCUT2D eigenvalue weighted by atomic mass is 9.99. The summed E-state index contributed by atoms with van der Waals surface area (Å²) in [5.41, 5.74) is 13.5. The molecule has 0 N–H and O–H groups in total. The third-order valence-corrected chi connectivity index (χ3v) is 12.4. The highest BCUT2D eigenvalue weighted by atomic mass is 16.3. The molecule has 294 valence electrons. The van der Waals surface area contributed by atoms with E-state index in [0.717, 1.165) is 72.2 Å². The van der Waals surface area contributed by atoms with E-state index in [1.54, 1.807) is 0 Å². The maximum atomic E-state index is 6.55. The molecule has 6 nitrogen and oxygen atoms in total. The molecule has 4 heterocycles. The van der Waals surface area contributed by atoms with Crippen LogP contribution in [0.3, 0.4) is 0 Å². The molecule has 0 saturated carbocycles. The fourth-order valence-electron chi connectivity index (χ4n) is 9.51. The van der Waals surface area contributed by atoms with Crippen molar-refractivity contribution in [2.45, 2.75) is 0 Å². The van der Waals surface area contributed by atoms with E-state index in [-0.39, 0.29) is 0 Å². The van der Waals surface area contributed by atoms with Crippen molar-refractivity contribution >= 4 is 65.6 Å². The van der Waals surface area contributed by atoms with Crippen LogP contribution in [0.4, 0.5) is 0 Å². The van der Waals surface area contributed by atoms with Crippen molar-refractivity contribution in [2.75, 3.05) is 0 Å². The van der Waals surface area contributed by atoms with Gasteiger partial charge in [0.15, 0.2) is 17.5 Å². The normalized spacial score (nSPS) is 11.8. The van der Waals surface area contributed by atoms with Crippen LogP contribution in [0.25, 0.3) is 122 Å². The van der Waals surface area contributed by atoms with Gasteiger partial charge in [0.2, 0.25) is 0 Å². The summed E-state index contributed by atoms with van der Waals surface area (Å²) in [6, 6.07) is 74.6. The van der Waals surface area contributed by atoms with E-state index in [1.807, 2.05) is 72.8 Å². The number of benzene rings is 9. The van der Waals surface area contributed by atoms with Crippen LogP contribution >= 0.6 is 0 Å². The molecule has 9 aromatic carbocycles. The second kappa shape index (κ2) is 14.0. The molecule has 0 saturated heterocycles. The van der Waals surface area contributed by atoms with E-state index in [9.17, 15) is 0 Å². The van der Waals surface area contributed by atoms with Gasteiger partial charge in [-0.15, -0.1) is 0 Å². The first-order valence-electron chi connectivity index (χ1n) is 21.2. The smallest absolute Gasteiger partial charge is 0.164 e. The topological polar surface area (TPSA) is 61.7 Å². The average molecular weight is 806 g/mol. The number of aromatic nitrogens is 5. The SMILES string of the molecule is c1ccc(-c2nc(-c3ccccc3)nc(-c3cccc4oc5ccc(-c6ccc7c(c6)c6cc(-n8c9ccccc9c9ccccc98)ccc6n7-c6ccccc6)cc5c34)n2)cc1. The highest BCUT2D eigenvalue weighted by Gasteiger charge is 2.20. The summed E-state index contributed by atoms with van der Waals surface area (Å²) < 4.78 is 11.3. The number of nitrogens with zero attached hydrogens (tertiary/aromatic N) is 5. The van der Waals surface area contributed by atoms with Crippen molar-refractivity contribution in [2.24, 2.45) is 0 Å². The van der Waals surface area contributed by atoms with Crippen molar-refractivity contribution in [3.05, 3.63) is 212 Å². The van der Waals surface area contributed by atoms with Gasteiger partial charge < -0.3 is 13.6 Å². The molecule has 0 unspecified atom stereocenters. The zero-order valence-electron chi connectivity index (χ0n) is 33.9. The number of hydrogen-bond acceptors (Lipinski definition) is 4. The van der Waals surface area contributed by atoms with Crippen LogP contribution in [0, 0.1) is 0 Å². The van der Waals surface area contributed by atoms with Gasteiger partial charge in [0.25, 0.3) is 0 Å². The van der Waals surface area contributed by atoms with E-state index in [1.165, 1.54) is 32.6 Å². The van der Waals surface area contributed by atoms with Crippen LogP contribution in [-0.4, -0.2) is 24.1 Å². The van der Waals surface area contributed by atoms with Crippen molar-refractivity contribution in [1.29, 1.82) is 0 Å². The van der Waals surface area contributed by atoms with E-state index >= 15 is 0 Å². The Kier molecular flexibility index (Phi) is 7.80. The molecule has 0 amide bonds. The summed E-state index contributed by atoms with van der Waals surface area (Å²) in [5.74, 6) is 1.83. The second-order valence-electron chi connectivity index (χ2n) is 16.0. The molecular weight excluding hydrogens is 771 g/mol. The number of hydrogen-bond donors (Lipinski definition) is 0. The molecule has 0 aliphatic heterocycles. The predicted molar refractivity (Wildman–Crippen MR) is 258 cm³/mol. The van der Waals surface area contributed by atoms with Crippen molar-refractivity contribution in [3.63, 3.8) is 0 Å². The average Bonchev–Trinajstić information content (AvgIpc) is 4.01. The number of rotatable bonds is 6. The fourth-order valence-corrected chi connectivity index (χ4v) is 9.51. The van der Waals surface area contributed by atoms with Crippen LogP contribution < -0.4 is 0 Å². The standard InChI is InChI=1S/C57H35N5O/c1-4-15-36(16-5-1)55-58-56(37-17-6-2-7-18-37)60-57(59-55)44-23-14-26-53-54(44)47-34-39(28-32-52(47)63-53)38-27-30-50-45(33-38)46-35-41(29-31-51(46)61(50)40-19-8-3-9-20-40)62-48-24-12-10-21-42(48)43-22-11-13-25-49(43)62/h1-35H. The van der Waals surface area contributed by atoms with Gasteiger partial charge in [-0.3, -0.25) is 0 Å². The number of fused-ring (bicyclic) bond motifs is 9. The van der Waals surface area contributed by atoms with Gasteiger partial charge in [-0.2, -0.15) is 0 Å². The van der Waals surface area contributed by atoms with Crippen molar-refractivity contribution < 1.29 is 4.42 Å². The first-order chi connectivity index (χ1) is 31.2. The molecule has 13 rings (SSSR count). The van der Waals surface area contributed by atoms with Crippen molar-refractivity contribution in [1.82, 2.24) is 24.1 Å². The highest BCUT2D eigenvalue weighted by molar-refractivity contribution is 6.15. The Hall–Kier alpha value is -8.61. The van der Waals surface area contributed by atoms with Crippen LogP contribution in [0.2, 0.25) is 0 Å². The molecule has 63 heavy (non-hydrogen) atoms. The van der Waals surface area contributed by atoms with E-state index in [2.05, 4.69) is 149 Å². The Bertz CT molecular complexity index is 3790. The lowest BCUT2D eigenvalue weighted by molar-refractivity contribution is 0.669. The van der Waals surface area contributed by atoms with Crippen molar-refractivity contribution in [3.8, 4) is 56.7 Å². The quantitative estimate of drug-likeness (QED) is 0.168. The molecule has 0 aliphatic carbocycles. The Morgan fingerprint density at radius 2 is 0.810 bits per heavy atom. The van der Waals surface area contributed by atoms with Crippen LogP contribution in [0.15, 0.2) is 217 Å². The molecule has 4 aromatic heterocycles. The third kappa shape index (κ3) is 5.62. The summed E-state index contributed by atoms with van der Waals surface area (Å²) >= 11 is 0. The first-order valence-corrected chi connectivity index (χ1v) is 21.2. The minimum atomic E-state index is 0.593. The Morgan fingerprint density at radius 3 is 1.48 bits per heavy atom. The lowest BCUT2D eigenvalue weighted by Gasteiger charge is -2.10. The Labute approximate surface area is 361 Å². The number of para-hydroxylation sites is 3. The third-order valence-electron chi connectivity index (χ3n) is 12.4. The summed E-state index contributed by atoms with van der Waals surface area (Å²) in [5, 5.41) is 6.83. The molecule has 0 spiro atoms. The summed E-state index contributed by atoms with van der Waals surface area (Å²) in [6.45, 7) is 0. The maximum absolute atomic E-state index is 6.55. The van der Waals surface area contributed by atoms with Crippen LogP contribution in [-0.2, 0) is 0 Å². The zero-order valence-corrected chi connectivity index (χ0v) is 33.9. The molecule has 0 radical (unpaired) electrons. The summed E-state index contributed by atoms with van der Waals surface area (Å²) in [7, 11) is 0. The molecule has 0 bridgehead atoms. The predicted octanol–water partition coefficient (Wildman–Crippen LogP) is 14.6. The monoisotopic (exact) mass is 805 g/mol. The Morgan fingerprint density at radius 1 is 0.302 bits per heavy atom. The first kappa shape index (κ1) is 35.2. The van der Waals surface area contributed by atoms with Gasteiger partial charge >= 0.3 is 0 Å². The maximum Gasteiger partial charge on any atom is 0.164 e. The largest absolute Gasteiger partial charge is 0.456 e. The van der Waals surface area contributed by atoms with E-state index in [0.29, 0.717) is 17.5 Å². The number of furan rings is 1. The van der Waals surface area contributed by atoms with Gasteiger partial charge in [-0.05, 0) is 83.9 Å². The molecular formula is C57H35N5O.